The zero-order valence-corrected chi connectivity index (χ0v) is 12.6. The van der Waals surface area contributed by atoms with Crippen LogP contribution in [0.1, 0.15) is 45.0 Å². The molecule has 0 aliphatic rings. The quantitative estimate of drug-likeness (QED) is 0.655. The van der Waals surface area contributed by atoms with Crippen molar-refractivity contribution in [2.45, 2.75) is 46.7 Å². The van der Waals surface area contributed by atoms with Crippen LogP contribution in [0.2, 0.25) is 0 Å². The van der Waals surface area contributed by atoms with E-state index >= 15 is 0 Å². The molecular formula is C15H23NO4. The molecular weight excluding hydrogens is 258 g/mol. The lowest BCUT2D eigenvalue weighted by Gasteiger charge is -2.10. The Morgan fingerprint density at radius 2 is 1.60 bits per heavy atom. The van der Waals surface area contributed by atoms with E-state index in [1.807, 2.05) is 0 Å². The number of esters is 1. The number of carbonyl (C=O) groups is 2. The van der Waals surface area contributed by atoms with Gasteiger partial charge in [-0.15, -0.1) is 0 Å². The highest BCUT2D eigenvalue weighted by atomic mass is 16.5. The smallest absolute Gasteiger partial charge is 0.339 e. The molecule has 0 amide bonds. The predicted molar refractivity (Wildman–Crippen MR) is 78.1 cm³/mol. The summed E-state index contributed by atoms with van der Waals surface area (Å²) in [7, 11) is 0. The van der Waals surface area contributed by atoms with E-state index in [1.54, 1.807) is 12.1 Å². The summed E-state index contributed by atoms with van der Waals surface area (Å²) in [5.41, 5.74) is -0.0160. The SMILES string of the molecule is CC(=O)Oc1ccccc1C(=O)O.CC(C)NC(C)C. The largest absolute Gasteiger partial charge is 0.478 e. The minimum atomic E-state index is -1.11. The van der Waals surface area contributed by atoms with Gasteiger partial charge in [-0.3, -0.25) is 4.79 Å². The molecule has 0 radical (unpaired) electrons. The van der Waals surface area contributed by atoms with Crippen LogP contribution in [0.5, 0.6) is 5.75 Å². The van der Waals surface area contributed by atoms with E-state index in [4.69, 9.17) is 5.11 Å². The standard InChI is InChI=1S/C9H8O4.C6H15N/c1-6(10)13-8-5-3-2-4-7(8)9(11)12;1-5(2)7-6(3)4/h2-5H,1H3,(H,11,12);5-7H,1-4H3. The van der Waals surface area contributed by atoms with Crippen LogP contribution >= 0.6 is 0 Å². The summed E-state index contributed by atoms with van der Waals surface area (Å²) in [6, 6.07) is 7.23. The maximum atomic E-state index is 10.6. The van der Waals surface area contributed by atoms with Crippen LogP contribution in [-0.2, 0) is 4.79 Å². The molecule has 0 bridgehead atoms. The number of carbonyl (C=O) groups excluding carboxylic acids is 1. The molecule has 1 aromatic rings. The van der Waals surface area contributed by atoms with Gasteiger partial charge in [0.15, 0.2) is 0 Å². The van der Waals surface area contributed by atoms with Crippen LogP contribution in [0.4, 0.5) is 0 Å². The second-order valence-electron chi connectivity index (χ2n) is 4.87. The molecule has 0 unspecified atom stereocenters. The highest BCUT2D eigenvalue weighted by molar-refractivity contribution is 5.91. The van der Waals surface area contributed by atoms with E-state index in [-0.39, 0.29) is 11.3 Å². The Morgan fingerprint density at radius 1 is 1.10 bits per heavy atom. The molecule has 20 heavy (non-hydrogen) atoms. The number of carboxylic acids is 1. The van der Waals surface area contributed by atoms with Crippen molar-refractivity contribution in [3.63, 3.8) is 0 Å². The topological polar surface area (TPSA) is 75.6 Å². The van der Waals surface area contributed by atoms with Gasteiger partial charge >= 0.3 is 11.9 Å². The maximum Gasteiger partial charge on any atom is 0.339 e. The van der Waals surface area contributed by atoms with Crippen LogP contribution in [0.25, 0.3) is 0 Å². The number of hydrogen-bond acceptors (Lipinski definition) is 4. The molecule has 0 saturated carbocycles. The summed E-state index contributed by atoms with van der Waals surface area (Å²) >= 11 is 0. The Hall–Kier alpha value is -1.88. The number of nitrogens with one attached hydrogen (secondary N) is 1. The predicted octanol–water partition coefficient (Wildman–Crippen LogP) is 2.70. The van der Waals surface area contributed by atoms with Crippen molar-refractivity contribution in [1.82, 2.24) is 5.32 Å². The minimum absolute atomic E-state index is 0.0160. The van der Waals surface area contributed by atoms with Crippen LogP contribution in [-0.4, -0.2) is 29.1 Å². The number of hydrogen-bond donors (Lipinski definition) is 2. The molecule has 2 N–H and O–H groups in total. The van der Waals surface area contributed by atoms with Gasteiger partial charge in [-0.25, -0.2) is 4.79 Å². The number of carboxylic acid groups (broad SMARTS) is 1. The van der Waals surface area contributed by atoms with E-state index in [1.165, 1.54) is 19.1 Å². The zero-order chi connectivity index (χ0) is 15.7. The third-order valence-corrected chi connectivity index (χ3v) is 2.04. The van der Waals surface area contributed by atoms with Crippen LogP contribution in [0.15, 0.2) is 24.3 Å². The molecule has 0 saturated heterocycles. The summed E-state index contributed by atoms with van der Waals surface area (Å²) in [6.45, 7) is 9.83. The van der Waals surface area contributed by atoms with Gasteiger partial charge in [0.1, 0.15) is 11.3 Å². The van der Waals surface area contributed by atoms with Gasteiger partial charge in [0.25, 0.3) is 0 Å². The Balaban J connectivity index is 0.000000441. The van der Waals surface area contributed by atoms with Gasteiger partial charge in [-0.2, -0.15) is 0 Å². The van der Waals surface area contributed by atoms with Gasteiger partial charge in [0.05, 0.1) is 0 Å². The Bertz CT molecular complexity index is 435. The van der Waals surface area contributed by atoms with Gasteiger partial charge < -0.3 is 15.2 Å². The fourth-order valence-corrected chi connectivity index (χ4v) is 1.55. The van der Waals surface area contributed by atoms with Crippen molar-refractivity contribution in [2.24, 2.45) is 0 Å². The first-order chi connectivity index (χ1) is 9.23. The fourth-order valence-electron chi connectivity index (χ4n) is 1.55. The van der Waals surface area contributed by atoms with Gasteiger partial charge in [0, 0.05) is 19.0 Å². The number of rotatable bonds is 4. The van der Waals surface area contributed by atoms with Crippen molar-refractivity contribution in [3.8, 4) is 5.75 Å². The van der Waals surface area contributed by atoms with Crippen molar-refractivity contribution < 1.29 is 19.4 Å². The molecule has 112 valence electrons. The summed E-state index contributed by atoms with van der Waals surface area (Å²) in [5, 5.41) is 12.0. The first kappa shape index (κ1) is 18.1. The summed E-state index contributed by atoms with van der Waals surface area (Å²) in [6.07, 6.45) is 0. The molecule has 0 aliphatic heterocycles. The van der Waals surface area contributed by atoms with Crippen molar-refractivity contribution in [3.05, 3.63) is 29.8 Å². The second-order valence-corrected chi connectivity index (χ2v) is 4.87. The maximum absolute atomic E-state index is 10.6. The highest BCUT2D eigenvalue weighted by Crippen LogP contribution is 2.17. The average Bonchev–Trinajstić information content (AvgIpc) is 2.27. The van der Waals surface area contributed by atoms with Crippen LogP contribution in [0, 0.1) is 0 Å². The Kier molecular flexibility index (Phi) is 8.24. The molecule has 0 spiro atoms. The molecule has 1 aromatic carbocycles. The normalized spacial score (nSPS) is 9.95. The fraction of sp³-hybridized carbons (Fsp3) is 0.467. The zero-order valence-electron chi connectivity index (χ0n) is 12.6. The first-order valence-electron chi connectivity index (χ1n) is 6.50. The lowest BCUT2D eigenvalue weighted by atomic mass is 10.2. The van der Waals surface area contributed by atoms with Crippen LogP contribution in [0.3, 0.4) is 0 Å². The average molecular weight is 281 g/mol. The van der Waals surface area contributed by atoms with Crippen molar-refractivity contribution in [2.75, 3.05) is 0 Å². The van der Waals surface area contributed by atoms with Crippen molar-refractivity contribution >= 4 is 11.9 Å². The molecule has 1 rings (SSSR count). The Labute approximate surface area is 120 Å². The molecule has 0 aliphatic carbocycles. The summed E-state index contributed by atoms with van der Waals surface area (Å²) < 4.78 is 4.69. The third kappa shape index (κ3) is 8.26. The number of aromatic carboxylic acids is 1. The molecule has 5 nitrogen and oxygen atoms in total. The number of para-hydroxylation sites is 1. The summed E-state index contributed by atoms with van der Waals surface area (Å²) in [4.78, 5) is 21.2. The first-order valence-corrected chi connectivity index (χ1v) is 6.50. The molecule has 5 heteroatoms. The van der Waals surface area contributed by atoms with E-state index < -0.39 is 11.9 Å². The van der Waals surface area contributed by atoms with Gasteiger partial charge in [0.2, 0.25) is 0 Å². The molecule has 0 heterocycles. The van der Waals surface area contributed by atoms with Gasteiger partial charge in [-0.05, 0) is 12.1 Å². The van der Waals surface area contributed by atoms with E-state index in [2.05, 4.69) is 37.7 Å². The third-order valence-electron chi connectivity index (χ3n) is 2.04. The molecule has 0 fully saturated rings. The van der Waals surface area contributed by atoms with Crippen molar-refractivity contribution in [1.29, 1.82) is 0 Å². The minimum Gasteiger partial charge on any atom is -0.478 e. The second kappa shape index (κ2) is 9.09. The van der Waals surface area contributed by atoms with E-state index in [9.17, 15) is 9.59 Å². The monoisotopic (exact) mass is 281 g/mol. The van der Waals surface area contributed by atoms with E-state index in [0.717, 1.165) is 0 Å². The van der Waals surface area contributed by atoms with Gasteiger partial charge in [-0.1, -0.05) is 39.8 Å². The lowest BCUT2D eigenvalue weighted by molar-refractivity contribution is -0.131. The number of benzene rings is 1. The molecule has 0 aromatic heterocycles. The Morgan fingerprint density at radius 3 is 1.95 bits per heavy atom. The van der Waals surface area contributed by atoms with Crippen LogP contribution < -0.4 is 10.1 Å². The highest BCUT2D eigenvalue weighted by Gasteiger charge is 2.10. The number of ether oxygens (including phenoxy) is 1. The molecule has 0 atom stereocenters. The summed E-state index contributed by atoms with van der Waals surface area (Å²) in [5.74, 6) is -1.58. The lowest BCUT2D eigenvalue weighted by Crippen LogP contribution is -2.29. The van der Waals surface area contributed by atoms with E-state index in [0.29, 0.717) is 12.1 Å².